The van der Waals surface area contributed by atoms with Crippen LogP contribution >= 0.6 is 0 Å². The summed E-state index contributed by atoms with van der Waals surface area (Å²) >= 11 is 0. The zero-order chi connectivity index (χ0) is 32.6. The van der Waals surface area contributed by atoms with Crippen molar-refractivity contribution in [3.8, 4) is 11.3 Å². The molecule has 0 spiro atoms. The number of carbonyl (C=O) groups excluding carboxylic acids is 1. The van der Waals surface area contributed by atoms with Crippen LogP contribution in [-0.2, 0) is 27.2 Å². The fourth-order valence-corrected chi connectivity index (χ4v) is 6.46. The van der Waals surface area contributed by atoms with E-state index < -0.39 is 33.3 Å². The highest BCUT2D eigenvalue weighted by Crippen LogP contribution is 2.38. The van der Waals surface area contributed by atoms with Gasteiger partial charge in [0.1, 0.15) is 5.60 Å². The van der Waals surface area contributed by atoms with Gasteiger partial charge in [0.25, 0.3) is 0 Å². The number of halogens is 3. The summed E-state index contributed by atoms with van der Waals surface area (Å²) < 4.78 is 67.7. The van der Waals surface area contributed by atoms with E-state index in [2.05, 4.69) is 30.1 Å². The van der Waals surface area contributed by atoms with Crippen molar-refractivity contribution >= 4 is 33.0 Å². The second-order valence-corrected chi connectivity index (χ2v) is 14.5. The number of aryl methyl sites for hydroxylation is 1. The molecule has 2 N–H and O–H groups in total. The molecule has 1 amide bonds. The molecule has 45 heavy (non-hydrogen) atoms. The Hall–Kier alpha value is -4.14. The van der Waals surface area contributed by atoms with Gasteiger partial charge in [-0.2, -0.15) is 18.3 Å². The third-order valence-electron chi connectivity index (χ3n) is 7.06. The average molecular weight is 647 g/mol. The number of aromatic nitrogens is 5. The number of rotatable bonds is 10. The van der Waals surface area contributed by atoms with Crippen molar-refractivity contribution in [1.82, 2.24) is 29.5 Å². The fraction of sp³-hybridized carbons (Fsp3) is 0.467. The van der Waals surface area contributed by atoms with E-state index in [4.69, 9.17) is 4.74 Å². The van der Waals surface area contributed by atoms with E-state index >= 15 is 0 Å². The van der Waals surface area contributed by atoms with Gasteiger partial charge in [0.05, 0.1) is 38.6 Å². The number of benzene rings is 1. The highest BCUT2D eigenvalue weighted by Gasteiger charge is 2.39. The highest BCUT2D eigenvalue weighted by molar-refractivity contribution is 7.93. The van der Waals surface area contributed by atoms with Crippen molar-refractivity contribution < 1.29 is 26.9 Å². The molecule has 0 saturated heterocycles. The van der Waals surface area contributed by atoms with Gasteiger partial charge in [0.15, 0.2) is 17.2 Å². The number of alkyl halides is 3. The third-order valence-corrected chi connectivity index (χ3v) is 9.01. The SMILES string of the molecule is Cc1cc(Nc2nccn3c(-c4cn(CC5CC5)nc4C(F)(F)F)cnc23)ccc1S(C)(=O)=NCCCNC(=O)OC(C)(C)C. The van der Waals surface area contributed by atoms with Crippen LogP contribution in [0.2, 0.25) is 0 Å². The lowest BCUT2D eigenvalue weighted by atomic mass is 10.2. The Kier molecular flexibility index (Phi) is 8.84. The van der Waals surface area contributed by atoms with E-state index in [9.17, 15) is 22.2 Å². The first kappa shape index (κ1) is 32.3. The number of hydrogen-bond acceptors (Lipinski definition) is 8. The Balaban J connectivity index is 1.31. The summed E-state index contributed by atoms with van der Waals surface area (Å²) in [5, 5.41) is 9.71. The number of nitrogens with one attached hydrogen (secondary N) is 2. The summed E-state index contributed by atoms with van der Waals surface area (Å²) in [6, 6.07) is 5.27. The minimum absolute atomic E-state index is 0.0462. The van der Waals surface area contributed by atoms with E-state index in [0.29, 0.717) is 47.5 Å². The van der Waals surface area contributed by atoms with Gasteiger partial charge in [-0.15, -0.1) is 0 Å². The molecule has 3 aromatic heterocycles. The molecular formula is C30H37F3N8O3S. The molecule has 1 atom stereocenters. The predicted octanol–water partition coefficient (Wildman–Crippen LogP) is 6.45. The molecular weight excluding hydrogens is 609 g/mol. The Morgan fingerprint density at radius 1 is 1.20 bits per heavy atom. The second-order valence-electron chi connectivity index (χ2n) is 12.2. The zero-order valence-corrected chi connectivity index (χ0v) is 26.6. The largest absolute Gasteiger partial charge is 0.444 e. The van der Waals surface area contributed by atoms with Crippen LogP contribution in [0.3, 0.4) is 0 Å². The first-order chi connectivity index (χ1) is 21.1. The van der Waals surface area contributed by atoms with Crippen molar-refractivity contribution in [1.29, 1.82) is 0 Å². The summed E-state index contributed by atoms with van der Waals surface area (Å²) in [6.07, 6.45) is 4.79. The molecule has 1 aliphatic rings. The number of imidazole rings is 1. The molecule has 1 saturated carbocycles. The van der Waals surface area contributed by atoms with Crippen LogP contribution < -0.4 is 10.6 Å². The molecule has 3 heterocycles. The molecule has 15 heteroatoms. The minimum atomic E-state index is -4.62. The van der Waals surface area contributed by atoms with Crippen LogP contribution in [0.15, 0.2) is 52.2 Å². The van der Waals surface area contributed by atoms with Crippen molar-refractivity contribution in [3.05, 3.63) is 54.2 Å². The first-order valence-electron chi connectivity index (χ1n) is 14.6. The summed E-state index contributed by atoms with van der Waals surface area (Å²) in [7, 11) is -2.72. The summed E-state index contributed by atoms with van der Waals surface area (Å²) in [5.41, 5.74) is 0.375. The fourth-order valence-electron chi connectivity index (χ4n) is 4.86. The number of nitrogens with zero attached hydrogens (tertiary/aromatic N) is 6. The van der Waals surface area contributed by atoms with E-state index in [0.717, 1.165) is 18.4 Å². The van der Waals surface area contributed by atoms with Crippen LogP contribution in [0.1, 0.15) is 51.3 Å². The monoisotopic (exact) mass is 646 g/mol. The molecule has 0 bridgehead atoms. The summed E-state index contributed by atoms with van der Waals surface area (Å²) in [5.74, 6) is 0.702. The Bertz CT molecular complexity index is 1830. The molecule has 1 fully saturated rings. The zero-order valence-electron chi connectivity index (χ0n) is 25.8. The number of alkyl carbamates (subject to hydrolysis) is 1. The topological polar surface area (TPSA) is 128 Å². The molecule has 0 aliphatic heterocycles. The predicted molar refractivity (Wildman–Crippen MR) is 165 cm³/mol. The van der Waals surface area contributed by atoms with E-state index in [1.165, 1.54) is 23.3 Å². The average Bonchev–Trinajstić information content (AvgIpc) is 3.45. The number of ether oxygens (including phenoxy) is 1. The molecule has 242 valence electrons. The minimum Gasteiger partial charge on any atom is -0.444 e. The van der Waals surface area contributed by atoms with Crippen LogP contribution in [0.5, 0.6) is 0 Å². The normalized spacial score (nSPS) is 15.1. The van der Waals surface area contributed by atoms with Gasteiger partial charge in [-0.05, 0) is 76.6 Å². The van der Waals surface area contributed by atoms with Crippen LogP contribution in [0.4, 0.5) is 29.5 Å². The molecule has 4 aromatic rings. The Morgan fingerprint density at radius 3 is 2.62 bits per heavy atom. The van der Waals surface area contributed by atoms with Gasteiger partial charge >= 0.3 is 12.3 Å². The van der Waals surface area contributed by atoms with Crippen LogP contribution in [0, 0.1) is 12.8 Å². The molecule has 1 aliphatic carbocycles. The summed E-state index contributed by atoms with van der Waals surface area (Å²) in [4.78, 5) is 21.1. The van der Waals surface area contributed by atoms with E-state index in [1.54, 1.807) is 55.8 Å². The maximum Gasteiger partial charge on any atom is 0.435 e. The van der Waals surface area contributed by atoms with Gasteiger partial charge in [-0.3, -0.25) is 9.08 Å². The van der Waals surface area contributed by atoms with E-state index in [1.807, 2.05) is 6.92 Å². The van der Waals surface area contributed by atoms with Crippen LogP contribution in [-0.4, -0.2) is 59.4 Å². The van der Waals surface area contributed by atoms with Crippen molar-refractivity contribution in [2.75, 3.05) is 24.7 Å². The quantitative estimate of drug-likeness (QED) is 0.190. The van der Waals surface area contributed by atoms with Crippen molar-refractivity contribution in [3.63, 3.8) is 0 Å². The molecule has 0 radical (unpaired) electrons. The maximum absolute atomic E-state index is 13.9. The number of hydrogen-bond donors (Lipinski definition) is 2. The maximum atomic E-state index is 13.9. The van der Waals surface area contributed by atoms with Gasteiger partial charge in [0, 0.05) is 43.6 Å². The van der Waals surface area contributed by atoms with Gasteiger partial charge < -0.3 is 15.4 Å². The van der Waals surface area contributed by atoms with Crippen molar-refractivity contribution in [2.24, 2.45) is 10.3 Å². The lowest BCUT2D eigenvalue weighted by molar-refractivity contribution is -0.141. The van der Waals surface area contributed by atoms with Gasteiger partial charge in [-0.25, -0.2) is 23.3 Å². The standard InChI is InChI=1S/C30H37F3N8O3S/c1-19-15-21(9-10-24(19)45(5,43)37-12-6-11-35-28(42)44-29(2,3)4)38-26-27-36-16-23(41(27)14-13-34-26)22-18-40(17-20-7-8-20)39-25(22)30(31,32)33/h9-10,13-16,18,20H,6-8,11-12,17H2,1-5H3,(H,34,38)(H,35,42). The summed E-state index contributed by atoms with van der Waals surface area (Å²) in [6.45, 7) is 8.24. The lowest BCUT2D eigenvalue weighted by Crippen LogP contribution is -2.33. The van der Waals surface area contributed by atoms with Crippen molar-refractivity contribution in [2.45, 2.75) is 70.2 Å². The third kappa shape index (κ3) is 7.93. The first-order valence-corrected chi connectivity index (χ1v) is 16.5. The van der Waals surface area contributed by atoms with Gasteiger partial charge in [-0.1, -0.05) is 0 Å². The molecule has 1 aromatic carbocycles. The lowest BCUT2D eigenvalue weighted by Gasteiger charge is -2.19. The molecule has 1 unspecified atom stereocenters. The Morgan fingerprint density at radius 2 is 1.96 bits per heavy atom. The number of anilines is 2. The number of carbonyl (C=O) groups is 1. The van der Waals surface area contributed by atoms with Crippen LogP contribution in [0.25, 0.3) is 16.9 Å². The number of fused-ring (bicyclic) bond motifs is 1. The van der Waals surface area contributed by atoms with Gasteiger partial charge in [0.2, 0.25) is 0 Å². The highest BCUT2D eigenvalue weighted by atomic mass is 32.2. The number of amides is 1. The van der Waals surface area contributed by atoms with E-state index in [-0.39, 0.29) is 17.8 Å². The molecule has 11 nitrogen and oxygen atoms in total. The molecule has 5 rings (SSSR count). The second kappa shape index (κ2) is 12.3. The smallest absolute Gasteiger partial charge is 0.435 e. The Labute approximate surface area is 259 Å².